The number of carbonyl (C=O) groups is 1. The molecule has 1 aliphatic carbocycles. The van der Waals surface area contributed by atoms with Gasteiger partial charge in [0, 0.05) is 5.41 Å². The second-order valence-electron chi connectivity index (χ2n) is 6.22. The molecule has 2 atom stereocenters. The first-order valence-corrected chi connectivity index (χ1v) is 7.66. The minimum atomic E-state index is -0.770. The van der Waals surface area contributed by atoms with Crippen LogP contribution in [0.15, 0.2) is 30.5 Å². The first-order chi connectivity index (χ1) is 10.9. The van der Waals surface area contributed by atoms with Gasteiger partial charge in [-0.25, -0.2) is 9.97 Å². The van der Waals surface area contributed by atoms with Crippen molar-refractivity contribution in [2.45, 2.75) is 32.6 Å². The molecule has 0 amide bonds. The van der Waals surface area contributed by atoms with E-state index in [4.69, 9.17) is 4.74 Å². The van der Waals surface area contributed by atoms with Crippen molar-refractivity contribution in [1.82, 2.24) is 9.97 Å². The molecule has 1 N–H and O–H groups in total. The minimum Gasteiger partial charge on any atom is -0.489 e. The van der Waals surface area contributed by atoms with Crippen LogP contribution < -0.4 is 4.74 Å². The van der Waals surface area contributed by atoms with Crippen molar-refractivity contribution in [2.75, 3.05) is 6.61 Å². The molecule has 0 bridgehead atoms. The number of hydrogen-bond donors (Lipinski definition) is 1. The Kier molecular flexibility index (Phi) is 3.80. The molecule has 0 spiro atoms. The SMILES string of the molecule is Cc1ncc(OCC2(c3ccccc3C)CC2C(=O)O)c(C)n1. The van der Waals surface area contributed by atoms with Crippen molar-refractivity contribution in [3.63, 3.8) is 0 Å². The Labute approximate surface area is 135 Å². The predicted octanol–water partition coefficient (Wildman–Crippen LogP) is 2.82. The van der Waals surface area contributed by atoms with Crippen LogP contribution in [0.5, 0.6) is 5.75 Å². The average molecular weight is 312 g/mol. The topological polar surface area (TPSA) is 72.3 Å². The number of aryl methyl sites for hydroxylation is 3. The van der Waals surface area contributed by atoms with Crippen molar-refractivity contribution < 1.29 is 14.6 Å². The summed E-state index contributed by atoms with van der Waals surface area (Å²) in [6.45, 7) is 6.02. The maximum Gasteiger partial charge on any atom is 0.307 e. The molecular weight excluding hydrogens is 292 g/mol. The van der Waals surface area contributed by atoms with Gasteiger partial charge in [-0.2, -0.15) is 0 Å². The van der Waals surface area contributed by atoms with E-state index in [9.17, 15) is 9.90 Å². The van der Waals surface area contributed by atoms with Gasteiger partial charge < -0.3 is 9.84 Å². The Morgan fingerprint density at radius 2 is 2.09 bits per heavy atom. The maximum atomic E-state index is 11.5. The van der Waals surface area contributed by atoms with Gasteiger partial charge in [-0.05, 0) is 38.3 Å². The quantitative estimate of drug-likeness (QED) is 0.919. The van der Waals surface area contributed by atoms with Gasteiger partial charge in [-0.15, -0.1) is 0 Å². The van der Waals surface area contributed by atoms with E-state index in [0.29, 0.717) is 24.6 Å². The van der Waals surface area contributed by atoms with Crippen molar-refractivity contribution in [2.24, 2.45) is 5.92 Å². The normalized spacial score (nSPS) is 22.7. The predicted molar refractivity (Wildman–Crippen MR) is 85.6 cm³/mol. The fourth-order valence-electron chi connectivity index (χ4n) is 3.22. The molecule has 3 rings (SSSR count). The van der Waals surface area contributed by atoms with E-state index < -0.39 is 17.3 Å². The number of nitrogens with zero attached hydrogens (tertiary/aromatic N) is 2. The van der Waals surface area contributed by atoms with Crippen molar-refractivity contribution in [3.05, 3.63) is 53.1 Å². The highest BCUT2D eigenvalue weighted by Crippen LogP contribution is 2.55. The minimum absolute atomic E-state index is 0.322. The van der Waals surface area contributed by atoms with Crippen LogP contribution in [0.1, 0.15) is 29.1 Å². The van der Waals surface area contributed by atoms with E-state index in [1.54, 1.807) is 6.20 Å². The van der Waals surface area contributed by atoms with Gasteiger partial charge in [-0.1, -0.05) is 24.3 Å². The number of rotatable bonds is 5. The zero-order valence-corrected chi connectivity index (χ0v) is 13.5. The smallest absolute Gasteiger partial charge is 0.307 e. The lowest BCUT2D eigenvalue weighted by atomic mass is 9.90. The largest absolute Gasteiger partial charge is 0.489 e. The molecule has 2 unspecified atom stereocenters. The molecule has 2 aromatic rings. The Morgan fingerprint density at radius 3 is 2.70 bits per heavy atom. The van der Waals surface area contributed by atoms with Crippen LogP contribution in [-0.4, -0.2) is 27.7 Å². The van der Waals surface area contributed by atoms with Crippen molar-refractivity contribution in [3.8, 4) is 5.75 Å². The maximum absolute atomic E-state index is 11.5. The van der Waals surface area contributed by atoms with Crippen LogP contribution >= 0.6 is 0 Å². The van der Waals surface area contributed by atoms with E-state index in [1.165, 1.54) is 0 Å². The lowest BCUT2D eigenvalue weighted by Gasteiger charge is -2.20. The van der Waals surface area contributed by atoms with E-state index >= 15 is 0 Å². The Bertz CT molecular complexity index is 760. The Morgan fingerprint density at radius 1 is 1.35 bits per heavy atom. The number of carboxylic acid groups (broad SMARTS) is 1. The highest BCUT2D eigenvalue weighted by Gasteiger charge is 2.60. The summed E-state index contributed by atoms with van der Waals surface area (Å²) in [4.78, 5) is 19.9. The Hall–Kier alpha value is -2.43. The average Bonchev–Trinajstić information content (AvgIpc) is 3.23. The molecule has 1 fully saturated rings. The molecule has 5 heteroatoms. The van der Waals surface area contributed by atoms with Crippen LogP contribution in [0.3, 0.4) is 0 Å². The molecule has 23 heavy (non-hydrogen) atoms. The van der Waals surface area contributed by atoms with Crippen molar-refractivity contribution >= 4 is 5.97 Å². The molecule has 1 aromatic carbocycles. The molecule has 1 saturated carbocycles. The van der Waals surface area contributed by atoms with Gasteiger partial charge in [0.15, 0.2) is 5.75 Å². The monoisotopic (exact) mass is 312 g/mol. The first-order valence-electron chi connectivity index (χ1n) is 7.66. The fraction of sp³-hybridized carbons (Fsp3) is 0.389. The zero-order chi connectivity index (χ0) is 16.6. The highest BCUT2D eigenvalue weighted by molar-refractivity contribution is 5.77. The van der Waals surface area contributed by atoms with Crippen LogP contribution in [-0.2, 0) is 10.2 Å². The lowest BCUT2D eigenvalue weighted by Crippen LogP contribution is -2.24. The summed E-state index contributed by atoms with van der Waals surface area (Å²) in [5.41, 5.74) is 2.45. The summed E-state index contributed by atoms with van der Waals surface area (Å²) < 4.78 is 5.92. The number of aromatic nitrogens is 2. The molecule has 1 aliphatic rings. The molecule has 1 heterocycles. The van der Waals surface area contributed by atoms with Crippen LogP contribution in [0.4, 0.5) is 0 Å². The molecular formula is C18H20N2O3. The van der Waals surface area contributed by atoms with Gasteiger partial charge in [0.05, 0.1) is 24.4 Å². The molecule has 1 aromatic heterocycles. The summed E-state index contributed by atoms with van der Waals surface area (Å²) >= 11 is 0. The fourth-order valence-corrected chi connectivity index (χ4v) is 3.22. The van der Waals surface area contributed by atoms with Crippen LogP contribution in [0.25, 0.3) is 0 Å². The highest BCUT2D eigenvalue weighted by atomic mass is 16.5. The third-order valence-corrected chi connectivity index (χ3v) is 4.59. The first kappa shape index (κ1) is 15.5. The summed E-state index contributed by atoms with van der Waals surface area (Å²) in [6.07, 6.45) is 2.25. The van der Waals surface area contributed by atoms with E-state index in [2.05, 4.69) is 9.97 Å². The third kappa shape index (κ3) is 2.79. The van der Waals surface area contributed by atoms with E-state index in [1.807, 2.05) is 45.0 Å². The van der Waals surface area contributed by atoms with Gasteiger partial charge in [0.2, 0.25) is 0 Å². The molecule has 0 radical (unpaired) electrons. The van der Waals surface area contributed by atoms with E-state index in [0.717, 1.165) is 16.8 Å². The molecule has 0 saturated heterocycles. The number of benzene rings is 1. The third-order valence-electron chi connectivity index (χ3n) is 4.59. The van der Waals surface area contributed by atoms with Gasteiger partial charge >= 0.3 is 5.97 Å². The number of aliphatic carboxylic acids is 1. The summed E-state index contributed by atoms with van der Waals surface area (Å²) in [7, 11) is 0. The number of carboxylic acids is 1. The summed E-state index contributed by atoms with van der Waals surface area (Å²) in [5, 5.41) is 9.45. The number of ether oxygens (including phenoxy) is 1. The zero-order valence-electron chi connectivity index (χ0n) is 13.5. The van der Waals surface area contributed by atoms with Crippen molar-refractivity contribution in [1.29, 1.82) is 0 Å². The molecule has 5 nitrogen and oxygen atoms in total. The Balaban J connectivity index is 1.87. The van der Waals surface area contributed by atoms with Gasteiger partial charge in [0.25, 0.3) is 0 Å². The summed E-state index contributed by atoms with van der Waals surface area (Å²) in [5.74, 6) is 0.127. The van der Waals surface area contributed by atoms with Gasteiger partial charge in [-0.3, -0.25) is 4.79 Å². The van der Waals surface area contributed by atoms with E-state index in [-0.39, 0.29) is 0 Å². The summed E-state index contributed by atoms with van der Waals surface area (Å²) in [6, 6.07) is 7.92. The molecule has 0 aliphatic heterocycles. The second kappa shape index (κ2) is 5.65. The van der Waals surface area contributed by atoms with Crippen LogP contribution in [0.2, 0.25) is 0 Å². The van der Waals surface area contributed by atoms with Crippen LogP contribution in [0, 0.1) is 26.7 Å². The second-order valence-corrected chi connectivity index (χ2v) is 6.22. The molecule has 120 valence electrons. The van der Waals surface area contributed by atoms with Gasteiger partial charge in [0.1, 0.15) is 5.82 Å². The number of hydrogen-bond acceptors (Lipinski definition) is 4. The standard InChI is InChI=1S/C18H20N2O3/c1-11-6-4-5-7-14(11)18(8-15(18)17(21)22)10-23-16-9-19-13(3)20-12(16)2/h4-7,9,15H,8,10H2,1-3H3,(H,21,22). The lowest BCUT2D eigenvalue weighted by molar-refractivity contribution is -0.139.